The Balaban J connectivity index is 2.35. The number of H-pyrrole nitrogens is 1. The summed E-state index contributed by atoms with van der Waals surface area (Å²) < 4.78 is 0. The fourth-order valence-electron chi connectivity index (χ4n) is 1.70. The van der Waals surface area contributed by atoms with Gasteiger partial charge in [0, 0.05) is 17.8 Å². The zero-order chi connectivity index (χ0) is 10.8. The first-order valence-corrected chi connectivity index (χ1v) is 5.14. The Kier molecular flexibility index (Phi) is 2.75. The molecule has 3 heteroatoms. The predicted molar refractivity (Wildman–Crippen MR) is 61.8 cm³/mol. The largest absolute Gasteiger partial charge is 0.387 e. The first kappa shape index (κ1) is 10.2. The van der Waals surface area contributed by atoms with E-state index in [0.29, 0.717) is 0 Å². The lowest BCUT2D eigenvalue weighted by Crippen LogP contribution is -2.28. The molecule has 3 nitrogen and oxygen atoms in total. The van der Waals surface area contributed by atoms with Gasteiger partial charge in [0.25, 0.3) is 0 Å². The molecule has 1 aromatic heterocycles. The average Bonchev–Trinajstić information content (AvgIpc) is 2.73. The number of nitrogens with one attached hydrogen (secondary N) is 2. The standard InChI is InChI=1S/C12H16N2O/c1-8(13-2)12(15)10-3-4-11-9(7-10)5-6-14-11/h3-8,12-15H,1-2H3. The van der Waals surface area contributed by atoms with Gasteiger partial charge in [-0.2, -0.15) is 0 Å². The highest BCUT2D eigenvalue weighted by Crippen LogP contribution is 2.21. The van der Waals surface area contributed by atoms with Gasteiger partial charge >= 0.3 is 0 Å². The number of aromatic amines is 1. The summed E-state index contributed by atoms with van der Waals surface area (Å²) in [5, 5.41) is 14.2. The monoisotopic (exact) mass is 204 g/mol. The maximum Gasteiger partial charge on any atom is 0.0940 e. The van der Waals surface area contributed by atoms with Gasteiger partial charge in [-0.25, -0.2) is 0 Å². The quantitative estimate of drug-likeness (QED) is 0.714. The number of hydrogen-bond acceptors (Lipinski definition) is 2. The Morgan fingerprint density at radius 1 is 1.33 bits per heavy atom. The lowest BCUT2D eigenvalue weighted by molar-refractivity contribution is 0.140. The van der Waals surface area contributed by atoms with Crippen molar-refractivity contribution >= 4 is 10.9 Å². The van der Waals surface area contributed by atoms with E-state index in [-0.39, 0.29) is 6.04 Å². The molecule has 0 aliphatic carbocycles. The van der Waals surface area contributed by atoms with Crippen molar-refractivity contribution < 1.29 is 5.11 Å². The summed E-state index contributed by atoms with van der Waals surface area (Å²) in [7, 11) is 1.85. The SMILES string of the molecule is CNC(C)C(O)c1ccc2[nH]ccc2c1. The van der Waals surface area contributed by atoms with Crippen LogP contribution < -0.4 is 5.32 Å². The van der Waals surface area contributed by atoms with Crippen molar-refractivity contribution in [1.82, 2.24) is 10.3 Å². The molecule has 0 bridgehead atoms. The van der Waals surface area contributed by atoms with Gasteiger partial charge in [0.05, 0.1) is 6.10 Å². The van der Waals surface area contributed by atoms with Crippen molar-refractivity contribution in [2.75, 3.05) is 7.05 Å². The highest BCUT2D eigenvalue weighted by molar-refractivity contribution is 5.80. The minimum absolute atomic E-state index is 0.0568. The van der Waals surface area contributed by atoms with Crippen LogP contribution in [0.2, 0.25) is 0 Å². The van der Waals surface area contributed by atoms with Crippen LogP contribution in [0, 0.1) is 0 Å². The van der Waals surface area contributed by atoms with E-state index in [1.54, 1.807) is 0 Å². The summed E-state index contributed by atoms with van der Waals surface area (Å²) in [4.78, 5) is 3.13. The Morgan fingerprint density at radius 2 is 2.13 bits per heavy atom. The van der Waals surface area contributed by atoms with Crippen molar-refractivity contribution in [3.8, 4) is 0 Å². The molecule has 2 rings (SSSR count). The summed E-state index contributed by atoms with van der Waals surface area (Å²) in [5.74, 6) is 0. The maximum absolute atomic E-state index is 10.0. The van der Waals surface area contributed by atoms with Gasteiger partial charge in [0.1, 0.15) is 0 Å². The van der Waals surface area contributed by atoms with Crippen molar-refractivity contribution in [2.24, 2.45) is 0 Å². The maximum atomic E-state index is 10.0. The van der Waals surface area contributed by atoms with Crippen molar-refractivity contribution in [3.63, 3.8) is 0 Å². The van der Waals surface area contributed by atoms with E-state index in [4.69, 9.17) is 0 Å². The summed E-state index contributed by atoms with van der Waals surface area (Å²) in [6.07, 6.45) is 1.44. The van der Waals surface area contributed by atoms with E-state index in [2.05, 4.69) is 10.3 Å². The van der Waals surface area contributed by atoms with Crippen LogP contribution in [-0.2, 0) is 0 Å². The minimum atomic E-state index is -0.464. The average molecular weight is 204 g/mol. The van der Waals surface area contributed by atoms with Gasteiger partial charge in [-0.05, 0) is 43.1 Å². The highest BCUT2D eigenvalue weighted by Gasteiger charge is 2.14. The van der Waals surface area contributed by atoms with E-state index in [9.17, 15) is 5.11 Å². The second-order valence-corrected chi connectivity index (χ2v) is 3.85. The van der Waals surface area contributed by atoms with Crippen LogP contribution in [0.4, 0.5) is 0 Å². The molecule has 80 valence electrons. The second kappa shape index (κ2) is 4.04. The summed E-state index contributed by atoms with van der Waals surface area (Å²) >= 11 is 0. The molecule has 2 aromatic rings. The highest BCUT2D eigenvalue weighted by atomic mass is 16.3. The number of aliphatic hydroxyl groups is 1. The van der Waals surface area contributed by atoms with Crippen molar-refractivity contribution in [3.05, 3.63) is 36.0 Å². The number of aliphatic hydroxyl groups excluding tert-OH is 1. The topological polar surface area (TPSA) is 48.0 Å². The number of benzene rings is 1. The minimum Gasteiger partial charge on any atom is -0.387 e. The molecule has 0 spiro atoms. The Hall–Kier alpha value is -1.32. The zero-order valence-electron chi connectivity index (χ0n) is 8.99. The third-order valence-electron chi connectivity index (χ3n) is 2.85. The fraction of sp³-hybridized carbons (Fsp3) is 0.333. The molecular formula is C12H16N2O. The van der Waals surface area contributed by atoms with Gasteiger partial charge in [-0.3, -0.25) is 0 Å². The molecule has 0 fully saturated rings. The van der Waals surface area contributed by atoms with E-state index in [1.165, 1.54) is 0 Å². The first-order chi connectivity index (χ1) is 7.22. The summed E-state index contributed by atoms with van der Waals surface area (Å²) in [6.45, 7) is 1.96. The third kappa shape index (κ3) is 1.89. The number of fused-ring (bicyclic) bond motifs is 1. The molecule has 1 heterocycles. The van der Waals surface area contributed by atoms with Crippen LogP contribution in [0.15, 0.2) is 30.5 Å². The Morgan fingerprint density at radius 3 is 2.87 bits per heavy atom. The number of hydrogen-bond donors (Lipinski definition) is 3. The molecule has 3 N–H and O–H groups in total. The van der Waals surface area contributed by atoms with Gasteiger partial charge in [0.2, 0.25) is 0 Å². The van der Waals surface area contributed by atoms with Gasteiger partial charge in [0.15, 0.2) is 0 Å². The number of aromatic nitrogens is 1. The fourth-order valence-corrected chi connectivity index (χ4v) is 1.70. The van der Waals surface area contributed by atoms with Crippen LogP contribution in [-0.4, -0.2) is 23.2 Å². The van der Waals surface area contributed by atoms with Crippen LogP contribution in [0.3, 0.4) is 0 Å². The lowest BCUT2D eigenvalue weighted by Gasteiger charge is -2.18. The molecule has 0 radical (unpaired) electrons. The van der Waals surface area contributed by atoms with Gasteiger partial charge < -0.3 is 15.4 Å². The van der Waals surface area contributed by atoms with Crippen LogP contribution >= 0.6 is 0 Å². The summed E-state index contributed by atoms with van der Waals surface area (Å²) in [6, 6.07) is 8.04. The third-order valence-corrected chi connectivity index (χ3v) is 2.85. The smallest absolute Gasteiger partial charge is 0.0940 e. The van der Waals surface area contributed by atoms with Gasteiger partial charge in [-0.15, -0.1) is 0 Å². The first-order valence-electron chi connectivity index (χ1n) is 5.14. The Labute approximate surface area is 89.1 Å². The molecule has 2 unspecified atom stereocenters. The zero-order valence-corrected chi connectivity index (χ0v) is 8.99. The molecule has 15 heavy (non-hydrogen) atoms. The van der Waals surface area contributed by atoms with E-state index >= 15 is 0 Å². The van der Waals surface area contributed by atoms with Crippen LogP contribution in [0.1, 0.15) is 18.6 Å². The van der Waals surface area contributed by atoms with E-state index < -0.39 is 6.10 Å². The van der Waals surface area contributed by atoms with E-state index in [0.717, 1.165) is 16.5 Å². The van der Waals surface area contributed by atoms with E-state index in [1.807, 2.05) is 44.4 Å². The molecule has 0 aliphatic rings. The van der Waals surface area contributed by atoms with Crippen LogP contribution in [0.5, 0.6) is 0 Å². The normalized spacial score (nSPS) is 15.4. The summed E-state index contributed by atoms with van der Waals surface area (Å²) in [5.41, 5.74) is 2.05. The van der Waals surface area contributed by atoms with Crippen LogP contribution in [0.25, 0.3) is 10.9 Å². The molecular weight excluding hydrogens is 188 g/mol. The molecule has 1 aromatic carbocycles. The molecule has 0 saturated heterocycles. The van der Waals surface area contributed by atoms with Crippen molar-refractivity contribution in [1.29, 1.82) is 0 Å². The molecule has 0 aliphatic heterocycles. The second-order valence-electron chi connectivity index (χ2n) is 3.85. The van der Waals surface area contributed by atoms with Gasteiger partial charge in [-0.1, -0.05) is 6.07 Å². The lowest BCUT2D eigenvalue weighted by atomic mass is 10.0. The molecule has 0 saturated carbocycles. The molecule has 2 atom stereocenters. The molecule has 0 amide bonds. The number of rotatable bonds is 3. The Bertz CT molecular complexity index is 450. The number of likely N-dealkylation sites (N-methyl/N-ethyl adjacent to an activating group) is 1. The predicted octanol–water partition coefficient (Wildman–Crippen LogP) is 1.81. The van der Waals surface area contributed by atoms with Crippen molar-refractivity contribution in [2.45, 2.75) is 19.1 Å².